The highest BCUT2D eigenvalue weighted by Gasteiger charge is 2.27. The van der Waals surface area contributed by atoms with Crippen molar-refractivity contribution in [3.05, 3.63) is 83.7 Å². The number of allylic oxidation sites excluding steroid dienone is 4. The maximum absolute atomic E-state index is 13.0. The maximum atomic E-state index is 13.0. The summed E-state index contributed by atoms with van der Waals surface area (Å²) in [5.74, 6) is -0.232. The molecule has 0 N–H and O–H groups in total. The largest absolute Gasteiger partial charge is 0.287 e. The van der Waals surface area contributed by atoms with Crippen molar-refractivity contribution in [3.63, 3.8) is 0 Å². The van der Waals surface area contributed by atoms with Crippen LogP contribution in [0.25, 0.3) is 0 Å². The number of nitrogens with zero attached hydrogens (tertiary/aromatic N) is 2. The van der Waals surface area contributed by atoms with Crippen LogP contribution in [-0.4, -0.2) is 25.7 Å². The molecule has 1 aliphatic carbocycles. The van der Waals surface area contributed by atoms with Gasteiger partial charge in [0.15, 0.2) is 5.84 Å². The molecule has 3 rings (SSSR count). The van der Waals surface area contributed by atoms with E-state index in [4.69, 9.17) is 11.6 Å². The number of carbonyl (C=O) groups excluding carboxylic acids is 1. The minimum absolute atomic E-state index is 0.0248. The minimum Gasteiger partial charge on any atom is -0.287 e. The Morgan fingerprint density at radius 1 is 0.871 bits per heavy atom. The van der Waals surface area contributed by atoms with Gasteiger partial charge in [-0.2, -0.15) is 8.42 Å². The van der Waals surface area contributed by atoms with Gasteiger partial charge >= 0.3 is 0 Å². The molecule has 2 aromatic carbocycles. The first kappa shape index (κ1) is 24.3. The number of amidine groups is 1. The smallest absolute Gasteiger partial charge is 0.284 e. The number of hydrogen-bond acceptors (Lipinski definition) is 3. The molecule has 10 heteroatoms. The third-order valence-electron chi connectivity index (χ3n) is 4.41. The minimum atomic E-state index is -4.05. The van der Waals surface area contributed by atoms with Gasteiger partial charge in [-0.25, -0.2) is 4.99 Å². The Morgan fingerprint density at radius 3 is 1.90 bits per heavy atom. The Morgan fingerprint density at radius 2 is 1.39 bits per heavy atom. The second-order valence-electron chi connectivity index (χ2n) is 6.52. The van der Waals surface area contributed by atoms with Gasteiger partial charge in [-0.15, -0.1) is 4.40 Å². The van der Waals surface area contributed by atoms with Crippen molar-refractivity contribution in [2.24, 2.45) is 9.39 Å². The fraction of sp³-hybridized carbons (Fsp3) is 0.0952. The molecule has 0 aromatic heterocycles. The van der Waals surface area contributed by atoms with E-state index in [9.17, 15) is 13.2 Å². The third-order valence-corrected chi connectivity index (χ3v) is 8.38. The van der Waals surface area contributed by atoms with Crippen molar-refractivity contribution in [2.45, 2.75) is 18.7 Å². The van der Waals surface area contributed by atoms with Crippen molar-refractivity contribution >= 4 is 86.7 Å². The second-order valence-corrected chi connectivity index (χ2v) is 11.1. The van der Waals surface area contributed by atoms with Crippen molar-refractivity contribution in [3.8, 4) is 0 Å². The van der Waals surface area contributed by atoms with Crippen LogP contribution in [0.1, 0.15) is 19.4 Å². The molecule has 0 heterocycles. The summed E-state index contributed by atoms with van der Waals surface area (Å²) >= 11 is 15.9. The summed E-state index contributed by atoms with van der Waals surface area (Å²) in [6.45, 7) is 3.46. The Labute approximate surface area is 210 Å². The van der Waals surface area contributed by atoms with E-state index in [1.54, 1.807) is 50.2 Å². The number of halogens is 4. The number of sulfonamides is 1. The molecule has 0 aliphatic heterocycles. The summed E-state index contributed by atoms with van der Waals surface area (Å²) in [4.78, 5) is 16.9. The van der Waals surface area contributed by atoms with Gasteiger partial charge in [0.25, 0.3) is 10.0 Å². The number of carbonyl (C=O) groups is 1. The van der Waals surface area contributed by atoms with Crippen LogP contribution in [0.5, 0.6) is 0 Å². The average molecular weight is 650 g/mol. The highest BCUT2D eigenvalue weighted by Crippen LogP contribution is 2.32. The number of rotatable bonds is 3. The number of aliphatic imine (C=N–C) groups is 1. The van der Waals surface area contributed by atoms with E-state index in [-0.39, 0.29) is 16.5 Å². The van der Waals surface area contributed by atoms with E-state index in [0.29, 0.717) is 36.4 Å². The van der Waals surface area contributed by atoms with Crippen molar-refractivity contribution in [2.75, 3.05) is 0 Å². The van der Waals surface area contributed by atoms with Crippen molar-refractivity contribution in [1.29, 1.82) is 0 Å². The fourth-order valence-electron chi connectivity index (χ4n) is 2.71. The number of Topliss-reactive ketones (excluding diaryl/α,β-unsaturated/α-hetero) is 1. The van der Waals surface area contributed by atoms with Crippen LogP contribution in [-0.2, 0) is 14.8 Å². The molecule has 160 valence electrons. The Bertz CT molecular complexity index is 1260. The predicted octanol–water partition coefficient (Wildman–Crippen LogP) is 6.60. The Balaban J connectivity index is 2.24. The van der Waals surface area contributed by atoms with E-state index in [0.717, 1.165) is 4.47 Å². The first-order chi connectivity index (χ1) is 14.5. The zero-order chi connectivity index (χ0) is 22.9. The van der Waals surface area contributed by atoms with E-state index in [1.165, 1.54) is 12.1 Å². The lowest BCUT2D eigenvalue weighted by molar-refractivity contribution is -0.111. The van der Waals surface area contributed by atoms with Crippen LogP contribution in [0.3, 0.4) is 0 Å². The Kier molecular flexibility index (Phi) is 7.53. The molecule has 0 fully saturated rings. The summed E-state index contributed by atoms with van der Waals surface area (Å²) in [5, 5.41) is 0.493. The lowest BCUT2D eigenvalue weighted by atomic mass is 9.97. The van der Waals surface area contributed by atoms with E-state index in [2.05, 4.69) is 57.2 Å². The van der Waals surface area contributed by atoms with Crippen LogP contribution in [0.15, 0.2) is 87.4 Å². The van der Waals surface area contributed by atoms with Gasteiger partial charge in [0.05, 0.1) is 19.6 Å². The molecular weight excluding hydrogens is 635 g/mol. The molecule has 0 bridgehead atoms. The lowest BCUT2D eigenvalue weighted by Crippen LogP contribution is -2.19. The lowest BCUT2D eigenvalue weighted by Gasteiger charge is -2.18. The van der Waals surface area contributed by atoms with Gasteiger partial charge in [0.1, 0.15) is 0 Å². The highest BCUT2D eigenvalue weighted by molar-refractivity contribution is 9.13. The van der Waals surface area contributed by atoms with Crippen molar-refractivity contribution in [1.82, 2.24) is 0 Å². The molecule has 0 spiro atoms. The van der Waals surface area contributed by atoms with Crippen molar-refractivity contribution < 1.29 is 13.2 Å². The maximum Gasteiger partial charge on any atom is 0.284 e. The SMILES string of the molecule is CC1=C(Br)C(=O)C(Br)=C(C)C1=N/C(=N/S(=O)(=O)c1ccc(Br)cc1)c1ccc(Cl)cc1. The molecule has 0 unspecified atom stereocenters. The van der Waals surface area contributed by atoms with E-state index >= 15 is 0 Å². The first-order valence-corrected chi connectivity index (χ1v) is 12.9. The van der Waals surface area contributed by atoms with Crippen LogP contribution < -0.4 is 0 Å². The molecule has 31 heavy (non-hydrogen) atoms. The quantitative estimate of drug-likeness (QED) is 0.214. The molecule has 5 nitrogen and oxygen atoms in total. The zero-order valence-corrected chi connectivity index (χ0v) is 22.5. The second kappa shape index (κ2) is 9.62. The van der Waals surface area contributed by atoms with Crippen LogP contribution in [0.4, 0.5) is 0 Å². The summed E-state index contributed by atoms with van der Waals surface area (Å²) in [5.41, 5.74) is 2.06. The van der Waals surface area contributed by atoms with Crippen LogP contribution >= 0.6 is 59.4 Å². The third kappa shape index (κ3) is 5.34. The van der Waals surface area contributed by atoms with Gasteiger partial charge < -0.3 is 0 Å². The number of benzene rings is 2. The fourth-order valence-corrected chi connectivity index (χ4v) is 5.10. The van der Waals surface area contributed by atoms with Gasteiger partial charge in [-0.05, 0) is 105 Å². The average Bonchev–Trinajstić information content (AvgIpc) is 2.74. The zero-order valence-electron chi connectivity index (χ0n) is 16.2. The monoisotopic (exact) mass is 646 g/mol. The summed E-state index contributed by atoms with van der Waals surface area (Å²) in [6, 6.07) is 12.7. The summed E-state index contributed by atoms with van der Waals surface area (Å²) in [6.07, 6.45) is 0. The molecule has 0 atom stereocenters. The number of ketones is 1. The molecule has 0 amide bonds. The van der Waals surface area contributed by atoms with Crippen LogP contribution in [0, 0.1) is 0 Å². The van der Waals surface area contributed by atoms with Gasteiger partial charge in [-0.3, -0.25) is 4.79 Å². The molecule has 1 aliphatic rings. The Hall–Kier alpha value is -1.39. The van der Waals surface area contributed by atoms with E-state index < -0.39 is 10.0 Å². The molecule has 0 saturated heterocycles. The first-order valence-electron chi connectivity index (χ1n) is 8.74. The number of hydrogen-bond donors (Lipinski definition) is 0. The normalized spacial score (nSPS) is 15.6. The van der Waals surface area contributed by atoms with Gasteiger partial charge in [0, 0.05) is 15.1 Å². The molecule has 2 aromatic rings. The molecule has 0 saturated carbocycles. The standard InChI is InChI=1S/C21H14Br3ClN2O3S/c1-11-17(23)20(28)18(24)12(2)19(11)26-21(13-3-7-15(25)8-4-13)27-31(29,30)16-9-5-14(22)6-10-16/h3-10H,1-2H3/b27-21+. The topological polar surface area (TPSA) is 75.9 Å². The van der Waals surface area contributed by atoms with E-state index in [1.807, 2.05) is 0 Å². The van der Waals surface area contributed by atoms with Gasteiger partial charge in [-0.1, -0.05) is 27.5 Å². The highest BCUT2D eigenvalue weighted by atomic mass is 79.9. The van der Waals surface area contributed by atoms with Crippen LogP contribution in [0.2, 0.25) is 5.02 Å². The predicted molar refractivity (Wildman–Crippen MR) is 135 cm³/mol. The molecule has 0 radical (unpaired) electrons. The summed E-state index contributed by atoms with van der Waals surface area (Å²) in [7, 11) is -4.05. The van der Waals surface area contributed by atoms with Gasteiger partial charge in [0.2, 0.25) is 5.78 Å². The molecular formula is C21H14Br3ClN2O3S. The summed E-state index contributed by atoms with van der Waals surface area (Å²) < 4.78 is 31.4.